The van der Waals surface area contributed by atoms with Gasteiger partial charge in [0.25, 0.3) is 0 Å². The number of carbonyl (C=O) groups excluding carboxylic acids is 1. The lowest BCUT2D eigenvalue weighted by molar-refractivity contribution is -0.138. The van der Waals surface area contributed by atoms with Gasteiger partial charge in [0.15, 0.2) is 0 Å². The molecule has 0 saturated heterocycles. The minimum absolute atomic E-state index is 0.0226. The molecule has 0 spiro atoms. The number of aliphatic carboxylic acids is 1. The largest absolute Gasteiger partial charge is 0.480 e. The number of thioether (sulfide) groups is 1. The van der Waals surface area contributed by atoms with Crippen molar-refractivity contribution in [3.63, 3.8) is 0 Å². The predicted octanol–water partition coefficient (Wildman–Crippen LogP) is 6.34. The quantitative estimate of drug-likeness (QED) is 0.344. The van der Waals surface area contributed by atoms with Gasteiger partial charge in [0.05, 0.1) is 9.79 Å². The molecular formula is C31H38FNO6S2. The number of carboxylic acids is 1. The molecule has 1 unspecified atom stereocenters. The second-order valence-electron chi connectivity index (χ2n) is 13.0. The molecule has 4 aliphatic rings. The molecule has 6 rings (SSSR count). The van der Waals surface area contributed by atoms with Crippen molar-refractivity contribution in [2.75, 3.05) is 5.75 Å². The number of benzene rings is 2. The van der Waals surface area contributed by atoms with E-state index in [9.17, 15) is 23.1 Å². The number of nitrogens with one attached hydrogen (secondary N) is 1. The lowest BCUT2D eigenvalue weighted by Crippen LogP contribution is -2.48. The number of ether oxygens (including phenoxy) is 1. The van der Waals surface area contributed by atoms with Crippen LogP contribution < -0.4 is 5.32 Å². The van der Waals surface area contributed by atoms with Crippen LogP contribution in [-0.4, -0.2) is 43.0 Å². The van der Waals surface area contributed by atoms with Gasteiger partial charge in [-0.3, -0.25) is 0 Å². The maximum atomic E-state index is 15.1. The lowest BCUT2D eigenvalue weighted by atomic mass is 9.48. The molecule has 0 aromatic heterocycles. The average molecular weight is 604 g/mol. The van der Waals surface area contributed by atoms with E-state index in [-0.39, 0.29) is 32.3 Å². The van der Waals surface area contributed by atoms with Crippen LogP contribution in [0.2, 0.25) is 0 Å². The van der Waals surface area contributed by atoms with E-state index < -0.39 is 39.4 Å². The monoisotopic (exact) mass is 603 g/mol. The van der Waals surface area contributed by atoms with Crippen LogP contribution in [0, 0.1) is 23.6 Å². The fraction of sp³-hybridized carbons (Fsp3) is 0.548. The summed E-state index contributed by atoms with van der Waals surface area (Å²) in [6.07, 6.45) is 6.44. The Labute approximate surface area is 245 Å². The number of carbonyl (C=O) groups is 2. The first-order valence-electron chi connectivity index (χ1n) is 14.2. The summed E-state index contributed by atoms with van der Waals surface area (Å²) in [6, 6.07) is 9.92. The first-order valence-corrected chi connectivity index (χ1v) is 16.8. The second kappa shape index (κ2) is 11.2. The van der Waals surface area contributed by atoms with Crippen molar-refractivity contribution in [3.8, 4) is 0 Å². The molecule has 4 saturated carbocycles. The molecule has 0 radical (unpaired) electrons. The van der Waals surface area contributed by atoms with Crippen molar-refractivity contribution >= 4 is 33.7 Å². The van der Waals surface area contributed by atoms with Crippen LogP contribution in [0.3, 0.4) is 0 Å². The summed E-state index contributed by atoms with van der Waals surface area (Å²) in [4.78, 5) is 23.6. The number of hydrogen-bond acceptors (Lipinski definition) is 6. The number of rotatable bonds is 9. The van der Waals surface area contributed by atoms with Crippen molar-refractivity contribution in [3.05, 3.63) is 59.4 Å². The van der Waals surface area contributed by atoms with Gasteiger partial charge in [-0.2, -0.15) is 11.8 Å². The van der Waals surface area contributed by atoms with Crippen LogP contribution in [0.5, 0.6) is 0 Å². The second-order valence-corrected chi connectivity index (χ2v) is 16.0. The van der Waals surface area contributed by atoms with Gasteiger partial charge in [-0.25, -0.2) is 22.4 Å². The fourth-order valence-corrected chi connectivity index (χ4v) is 9.67. The highest BCUT2D eigenvalue weighted by Gasteiger charge is 2.51. The Morgan fingerprint density at radius 3 is 2.22 bits per heavy atom. The minimum atomic E-state index is -3.93. The van der Waals surface area contributed by atoms with Gasteiger partial charge in [0.1, 0.15) is 17.5 Å². The molecule has 1 atom stereocenters. The number of amides is 1. The molecule has 222 valence electrons. The molecule has 0 heterocycles. The zero-order valence-corrected chi connectivity index (χ0v) is 25.3. The summed E-state index contributed by atoms with van der Waals surface area (Å²) in [5.41, 5.74) is 0.622. The van der Waals surface area contributed by atoms with Crippen molar-refractivity contribution in [1.82, 2.24) is 5.32 Å². The Bertz CT molecular complexity index is 1400. The Morgan fingerprint density at radius 2 is 1.66 bits per heavy atom. The van der Waals surface area contributed by atoms with Crippen LogP contribution in [0.25, 0.3) is 0 Å². The molecule has 0 aliphatic heterocycles. The van der Waals surface area contributed by atoms with Gasteiger partial charge in [0, 0.05) is 11.5 Å². The molecule has 41 heavy (non-hydrogen) atoms. The molecule has 1 amide bonds. The maximum absolute atomic E-state index is 15.1. The van der Waals surface area contributed by atoms with Crippen molar-refractivity contribution in [2.24, 2.45) is 17.8 Å². The van der Waals surface area contributed by atoms with E-state index in [1.807, 2.05) is 12.1 Å². The number of alkyl carbamates (subject to hydrolysis) is 1. The number of sulfone groups is 1. The van der Waals surface area contributed by atoms with Crippen LogP contribution in [0.15, 0.2) is 52.3 Å². The molecule has 4 bridgehead atoms. The molecule has 4 aliphatic carbocycles. The summed E-state index contributed by atoms with van der Waals surface area (Å²) < 4.78 is 47.3. The van der Waals surface area contributed by atoms with Crippen molar-refractivity contribution in [2.45, 2.75) is 91.9 Å². The predicted molar refractivity (Wildman–Crippen MR) is 155 cm³/mol. The SMILES string of the molecule is CC(C)(C)OC(=O)NC(CSCc1ccc(S(=O)(=O)c2cccc(C34CC5CC(CC(C5)C3)C4)c2)cc1F)C(=O)O. The van der Waals surface area contributed by atoms with E-state index >= 15 is 4.39 Å². The highest BCUT2D eigenvalue weighted by atomic mass is 32.2. The average Bonchev–Trinajstić information content (AvgIpc) is 2.87. The van der Waals surface area contributed by atoms with Crippen LogP contribution >= 0.6 is 11.8 Å². The zero-order chi connectivity index (χ0) is 29.6. The van der Waals surface area contributed by atoms with E-state index in [0.717, 1.165) is 60.4 Å². The smallest absolute Gasteiger partial charge is 0.408 e. The summed E-state index contributed by atoms with van der Waals surface area (Å²) in [5.74, 6) is 0.377. The number of halogens is 1. The Kier molecular flexibility index (Phi) is 8.20. The van der Waals surface area contributed by atoms with E-state index in [1.165, 1.54) is 31.4 Å². The topological polar surface area (TPSA) is 110 Å². The van der Waals surface area contributed by atoms with E-state index in [2.05, 4.69) is 11.4 Å². The first-order chi connectivity index (χ1) is 19.2. The van der Waals surface area contributed by atoms with Crippen LogP contribution in [-0.2, 0) is 30.5 Å². The molecule has 7 nitrogen and oxygen atoms in total. The standard InChI is InChI=1S/C31H38FNO6S2/c1-30(2,3)39-29(36)33-27(28(34)35)18-40-17-22-7-8-25(13-26(22)32)41(37,38)24-6-4-5-23(12-24)31-14-19-9-20(15-31)11-21(10-19)16-31/h4-8,12-13,19-21,27H,9-11,14-18H2,1-3H3,(H,33,36)(H,34,35). The zero-order valence-electron chi connectivity index (χ0n) is 23.7. The molecule has 4 fully saturated rings. The summed E-state index contributed by atoms with van der Waals surface area (Å²) >= 11 is 1.12. The Hall–Kier alpha value is -2.59. The van der Waals surface area contributed by atoms with Gasteiger partial charge < -0.3 is 15.2 Å². The first kappa shape index (κ1) is 29.9. The summed E-state index contributed by atoms with van der Waals surface area (Å²) in [6.45, 7) is 5.01. The van der Waals surface area contributed by atoms with Crippen LogP contribution in [0.4, 0.5) is 9.18 Å². The van der Waals surface area contributed by atoms with E-state index in [1.54, 1.807) is 26.8 Å². The van der Waals surface area contributed by atoms with Crippen molar-refractivity contribution < 1.29 is 32.2 Å². The Balaban J connectivity index is 1.26. The maximum Gasteiger partial charge on any atom is 0.408 e. The van der Waals surface area contributed by atoms with Crippen LogP contribution in [0.1, 0.15) is 70.4 Å². The van der Waals surface area contributed by atoms with E-state index in [0.29, 0.717) is 0 Å². The summed E-state index contributed by atoms with van der Waals surface area (Å²) in [7, 11) is -3.93. The third-order valence-electron chi connectivity index (χ3n) is 8.66. The molecule has 2 N–H and O–H groups in total. The van der Waals surface area contributed by atoms with Gasteiger partial charge in [-0.05, 0) is 118 Å². The van der Waals surface area contributed by atoms with Gasteiger partial charge in [0.2, 0.25) is 9.84 Å². The van der Waals surface area contributed by atoms with Gasteiger partial charge in [-0.1, -0.05) is 18.2 Å². The third kappa shape index (κ3) is 6.58. The normalized spacial score (nSPS) is 26.0. The lowest BCUT2D eigenvalue weighted by Gasteiger charge is -2.57. The van der Waals surface area contributed by atoms with Gasteiger partial charge >= 0.3 is 12.1 Å². The van der Waals surface area contributed by atoms with Gasteiger partial charge in [-0.15, -0.1) is 0 Å². The van der Waals surface area contributed by atoms with E-state index in [4.69, 9.17) is 4.74 Å². The minimum Gasteiger partial charge on any atom is -0.480 e. The highest BCUT2D eigenvalue weighted by molar-refractivity contribution is 7.98. The number of hydrogen-bond donors (Lipinski definition) is 2. The van der Waals surface area contributed by atoms with Crippen molar-refractivity contribution in [1.29, 1.82) is 0 Å². The summed E-state index contributed by atoms with van der Waals surface area (Å²) in [5, 5.41) is 11.8. The molecular weight excluding hydrogens is 565 g/mol. The molecule has 10 heteroatoms. The fourth-order valence-electron chi connectivity index (χ4n) is 7.32. The molecule has 2 aromatic carbocycles. The number of carboxylic acid groups (broad SMARTS) is 1. The Morgan fingerprint density at radius 1 is 1.05 bits per heavy atom. The molecule has 2 aromatic rings. The highest BCUT2D eigenvalue weighted by Crippen LogP contribution is 2.60. The third-order valence-corrected chi connectivity index (χ3v) is 11.5.